The maximum absolute atomic E-state index is 11.7. The molecule has 5 nitrogen and oxygen atoms in total. The number of carbonyl (C=O) groups is 2. The van der Waals surface area contributed by atoms with Crippen LogP contribution in [0.4, 0.5) is 10.5 Å². The van der Waals surface area contributed by atoms with E-state index in [0.717, 1.165) is 30.6 Å². The minimum absolute atomic E-state index is 0.173. The molecule has 20 heavy (non-hydrogen) atoms. The summed E-state index contributed by atoms with van der Waals surface area (Å²) in [5.74, 6) is -0.138. The summed E-state index contributed by atoms with van der Waals surface area (Å²) in [5.41, 5.74) is 6.42. The number of imide groups is 1. The number of rotatable bonds is 4. The number of benzene rings is 1. The second-order valence-corrected chi connectivity index (χ2v) is 5.85. The molecule has 0 bridgehead atoms. The molecule has 0 aliphatic heterocycles. The molecule has 1 aromatic carbocycles. The molecule has 3 amide bonds. The molecule has 0 aromatic heterocycles. The van der Waals surface area contributed by atoms with Gasteiger partial charge in [0.2, 0.25) is 5.91 Å². The summed E-state index contributed by atoms with van der Waals surface area (Å²) >= 11 is 1.32. The topological polar surface area (TPSA) is 84.2 Å². The van der Waals surface area contributed by atoms with Crippen molar-refractivity contribution in [2.24, 2.45) is 0 Å². The zero-order valence-electron chi connectivity index (χ0n) is 11.2. The number of carbonyl (C=O) groups excluding carboxylic acids is 2. The molecular formula is C14H19N3O2S. The lowest BCUT2D eigenvalue weighted by atomic mass is 10.2. The fourth-order valence-electron chi connectivity index (χ4n) is 2.21. The van der Waals surface area contributed by atoms with E-state index in [4.69, 9.17) is 5.73 Å². The van der Waals surface area contributed by atoms with Gasteiger partial charge in [-0.1, -0.05) is 25.0 Å². The Morgan fingerprint density at radius 2 is 1.95 bits per heavy atom. The lowest BCUT2D eigenvalue weighted by molar-refractivity contribution is -0.117. The van der Waals surface area contributed by atoms with E-state index >= 15 is 0 Å². The fraction of sp³-hybridized carbons (Fsp3) is 0.429. The van der Waals surface area contributed by atoms with Crippen molar-refractivity contribution in [3.8, 4) is 0 Å². The van der Waals surface area contributed by atoms with E-state index in [0.29, 0.717) is 5.69 Å². The summed E-state index contributed by atoms with van der Waals surface area (Å²) in [6.07, 6.45) is 4.28. The van der Waals surface area contributed by atoms with E-state index in [9.17, 15) is 9.59 Å². The number of nitrogens with one attached hydrogen (secondary N) is 2. The second kappa shape index (κ2) is 7.19. The highest BCUT2D eigenvalue weighted by Crippen LogP contribution is 2.23. The van der Waals surface area contributed by atoms with Gasteiger partial charge in [-0.25, -0.2) is 4.79 Å². The molecule has 0 spiro atoms. The number of para-hydroxylation sites is 1. The van der Waals surface area contributed by atoms with Crippen LogP contribution in [0, 0.1) is 0 Å². The predicted octanol–water partition coefficient (Wildman–Crippen LogP) is 2.13. The largest absolute Gasteiger partial charge is 0.398 e. The molecule has 0 heterocycles. The number of nitrogen functional groups attached to an aromatic ring is 1. The highest BCUT2D eigenvalue weighted by molar-refractivity contribution is 8.00. The summed E-state index contributed by atoms with van der Waals surface area (Å²) in [4.78, 5) is 24.1. The van der Waals surface area contributed by atoms with Gasteiger partial charge in [0.15, 0.2) is 0 Å². The molecule has 1 aliphatic rings. The van der Waals surface area contributed by atoms with Gasteiger partial charge >= 0.3 is 6.03 Å². The Balaban J connectivity index is 1.72. The molecule has 0 radical (unpaired) electrons. The number of hydrogen-bond acceptors (Lipinski definition) is 4. The molecule has 0 saturated heterocycles. The van der Waals surface area contributed by atoms with E-state index in [1.807, 2.05) is 18.2 Å². The van der Waals surface area contributed by atoms with Crippen LogP contribution in [0.2, 0.25) is 0 Å². The molecule has 0 unspecified atom stereocenters. The van der Waals surface area contributed by atoms with Crippen LogP contribution in [-0.4, -0.2) is 23.7 Å². The van der Waals surface area contributed by atoms with E-state index in [-0.39, 0.29) is 17.7 Å². The third-order valence-electron chi connectivity index (χ3n) is 3.22. The van der Waals surface area contributed by atoms with Gasteiger partial charge < -0.3 is 11.1 Å². The SMILES string of the molecule is Nc1ccccc1SCC(=O)NC(=O)NC1CCCC1. The number of hydrogen-bond donors (Lipinski definition) is 3. The van der Waals surface area contributed by atoms with Crippen molar-refractivity contribution >= 4 is 29.4 Å². The van der Waals surface area contributed by atoms with Crippen LogP contribution in [0.3, 0.4) is 0 Å². The molecule has 0 atom stereocenters. The Hall–Kier alpha value is -1.69. The summed E-state index contributed by atoms with van der Waals surface area (Å²) in [5, 5.41) is 5.16. The number of urea groups is 1. The summed E-state index contributed by atoms with van der Waals surface area (Å²) in [7, 11) is 0. The molecule has 108 valence electrons. The molecule has 1 fully saturated rings. The Morgan fingerprint density at radius 1 is 1.25 bits per heavy atom. The summed E-state index contributed by atoms with van der Waals surface area (Å²) in [6, 6.07) is 7.15. The monoisotopic (exact) mass is 293 g/mol. The van der Waals surface area contributed by atoms with Crippen LogP contribution in [0.25, 0.3) is 0 Å². The van der Waals surface area contributed by atoms with Crippen LogP contribution in [0.5, 0.6) is 0 Å². The first-order valence-corrected chi connectivity index (χ1v) is 7.71. The number of thioether (sulfide) groups is 1. The highest BCUT2D eigenvalue weighted by Gasteiger charge is 2.18. The van der Waals surface area contributed by atoms with E-state index in [1.165, 1.54) is 11.8 Å². The van der Waals surface area contributed by atoms with E-state index in [1.54, 1.807) is 6.07 Å². The third kappa shape index (κ3) is 4.45. The lowest BCUT2D eigenvalue weighted by Crippen LogP contribution is -2.44. The minimum Gasteiger partial charge on any atom is -0.398 e. The second-order valence-electron chi connectivity index (χ2n) is 4.83. The van der Waals surface area contributed by atoms with E-state index in [2.05, 4.69) is 10.6 Å². The predicted molar refractivity (Wildman–Crippen MR) is 80.5 cm³/mol. The Labute approximate surface area is 122 Å². The van der Waals surface area contributed by atoms with Crippen LogP contribution < -0.4 is 16.4 Å². The number of amides is 3. The Kier molecular flexibility index (Phi) is 5.29. The summed E-state index contributed by atoms with van der Waals surface area (Å²) < 4.78 is 0. The van der Waals surface area contributed by atoms with Crippen LogP contribution in [-0.2, 0) is 4.79 Å². The van der Waals surface area contributed by atoms with Gasteiger partial charge in [0.1, 0.15) is 0 Å². The van der Waals surface area contributed by atoms with Crippen molar-refractivity contribution in [3.05, 3.63) is 24.3 Å². The van der Waals surface area contributed by atoms with Crippen molar-refractivity contribution < 1.29 is 9.59 Å². The van der Waals surface area contributed by atoms with Gasteiger partial charge in [0, 0.05) is 16.6 Å². The Bertz CT molecular complexity index is 487. The van der Waals surface area contributed by atoms with Crippen molar-refractivity contribution in [2.75, 3.05) is 11.5 Å². The van der Waals surface area contributed by atoms with Crippen molar-refractivity contribution in [1.82, 2.24) is 10.6 Å². The van der Waals surface area contributed by atoms with Crippen LogP contribution in [0.15, 0.2) is 29.2 Å². The van der Waals surface area contributed by atoms with Gasteiger partial charge in [0.25, 0.3) is 0 Å². The van der Waals surface area contributed by atoms with Gasteiger partial charge in [-0.05, 0) is 25.0 Å². The lowest BCUT2D eigenvalue weighted by Gasteiger charge is -2.12. The van der Waals surface area contributed by atoms with E-state index < -0.39 is 6.03 Å². The maximum Gasteiger partial charge on any atom is 0.321 e. The quantitative estimate of drug-likeness (QED) is 0.586. The first kappa shape index (κ1) is 14.7. The van der Waals surface area contributed by atoms with Crippen molar-refractivity contribution in [1.29, 1.82) is 0 Å². The molecule has 6 heteroatoms. The van der Waals surface area contributed by atoms with Gasteiger partial charge in [0.05, 0.1) is 5.75 Å². The smallest absolute Gasteiger partial charge is 0.321 e. The Morgan fingerprint density at radius 3 is 2.65 bits per heavy atom. The zero-order valence-corrected chi connectivity index (χ0v) is 12.0. The molecule has 1 aromatic rings. The molecule has 1 aliphatic carbocycles. The minimum atomic E-state index is -0.400. The van der Waals surface area contributed by atoms with Crippen molar-refractivity contribution in [3.63, 3.8) is 0 Å². The van der Waals surface area contributed by atoms with Gasteiger partial charge in [-0.2, -0.15) is 0 Å². The molecule has 4 N–H and O–H groups in total. The number of nitrogens with two attached hydrogens (primary N) is 1. The first-order valence-electron chi connectivity index (χ1n) is 6.73. The average molecular weight is 293 g/mol. The average Bonchev–Trinajstić information content (AvgIpc) is 2.90. The van der Waals surface area contributed by atoms with Crippen LogP contribution in [0.1, 0.15) is 25.7 Å². The van der Waals surface area contributed by atoms with Crippen molar-refractivity contribution in [2.45, 2.75) is 36.6 Å². The third-order valence-corrected chi connectivity index (χ3v) is 4.31. The standard InChI is InChI=1S/C14H19N3O2S/c15-11-7-3-4-8-12(11)20-9-13(18)17-14(19)16-10-5-1-2-6-10/h3-4,7-8,10H,1-2,5-6,9,15H2,(H2,16,17,18,19). The van der Waals surface area contributed by atoms with Crippen LogP contribution >= 0.6 is 11.8 Å². The first-order chi connectivity index (χ1) is 9.65. The fourth-order valence-corrected chi connectivity index (χ4v) is 2.98. The normalized spacial score (nSPS) is 15.0. The molecular weight excluding hydrogens is 274 g/mol. The molecule has 1 saturated carbocycles. The zero-order chi connectivity index (χ0) is 14.4. The van der Waals surface area contributed by atoms with Gasteiger partial charge in [-0.3, -0.25) is 10.1 Å². The highest BCUT2D eigenvalue weighted by atomic mass is 32.2. The summed E-state index contributed by atoms with van der Waals surface area (Å²) in [6.45, 7) is 0. The maximum atomic E-state index is 11.7. The molecule has 2 rings (SSSR count). The van der Waals surface area contributed by atoms with Gasteiger partial charge in [-0.15, -0.1) is 11.8 Å². The number of anilines is 1.